The molecule has 0 aromatic carbocycles. The summed E-state index contributed by atoms with van der Waals surface area (Å²) >= 11 is 0. The molecule has 2 rings (SSSR count). The van der Waals surface area contributed by atoms with E-state index in [1.807, 2.05) is 0 Å². The van der Waals surface area contributed by atoms with Crippen LogP contribution in [0.1, 0.15) is 50.1 Å². The first-order valence-electron chi connectivity index (χ1n) is 7.85. The Hall–Kier alpha value is -0.870. The molecule has 114 valence electrons. The van der Waals surface area contributed by atoms with Gasteiger partial charge < -0.3 is 5.11 Å². The van der Waals surface area contributed by atoms with Crippen LogP contribution >= 0.6 is 0 Å². The first-order valence-corrected chi connectivity index (χ1v) is 7.85. The third kappa shape index (κ3) is 3.23. The Kier molecular flexibility index (Phi) is 4.86. The Balaban J connectivity index is 2.10. The average molecular weight is 279 g/mol. The van der Waals surface area contributed by atoms with E-state index in [0.29, 0.717) is 0 Å². The van der Waals surface area contributed by atoms with Crippen molar-refractivity contribution >= 4 is 0 Å². The lowest BCUT2D eigenvalue weighted by Gasteiger charge is -2.39. The van der Waals surface area contributed by atoms with E-state index < -0.39 is 0 Å². The highest BCUT2D eigenvalue weighted by atomic mass is 16.3. The molecule has 4 heteroatoms. The zero-order valence-corrected chi connectivity index (χ0v) is 13.4. The normalized spacial score (nSPS) is 24.2. The van der Waals surface area contributed by atoms with Crippen LogP contribution in [0.5, 0.6) is 0 Å². The van der Waals surface area contributed by atoms with Crippen molar-refractivity contribution in [2.45, 2.75) is 60.0 Å². The van der Waals surface area contributed by atoms with Crippen molar-refractivity contribution < 1.29 is 5.11 Å². The van der Waals surface area contributed by atoms with Crippen LogP contribution < -0.4 is 0 Å². The van der Waals surface area contributed by atoms with Crippen LogP contribution in [0.2, 0.25) is 0 Å². The van der Waals surface area contributed by atoms with Gasteiger partial charge in [0.1, 0.15) is 0 Å². The summed E-state index contributed by atoms with van der Waals surface area (Å²) in [5.74, 6) is 0. The van der Waals surface area contributed by atoms with Gasteiger partial charge in [0.25, 0.3) is 0 Å². The standard InChI is InChI=1S/C16H29N3O/c1-5-8-19-14(3)15(13(2)17-19)10-18-9-6-7-16(4,11-18)12-20/h20H,5-12H2,1-4H3. The first-order chi connectivity index (χ1) is 9.49. The van der Waals surface area contributed by atoms with E-state index in [0.717, 1.165) is 44.7 Å². The van der Waals surface area contributed by atoms with Crippen molar-refractivity contribution in [3.8, 4) is 0 Å². The van der Waals surface area contributed by atoms with Crippen LogP contribution in [0, 0.1) is 19.3 Å². The highest BCUT2D eigenvalue weighted by Crippen LogP contribution is 2.30. The summed E-state index contributed by atoms with van der Waals surface area (Å²) in [4.78, 5) is 2.48. The molecule has 1 aliphatic heterocycles. The predicted molar refractivity (Wildman–Crippen MR) is 81.7 cm³/mol. The number of piperidine rings is 1. The van der Waals surface area contributed by atoms with Gasteiger partial charge in [-0.05, 0) is 39.7 Å². The minimum absolute atomic E-state index is 0.0689. The van der Waals surface area contributed by atoms with Gasteiger partial charge in [-0.2, -0.15) is 5.10 Å². The molecule has 0 amide bonds. The number of rotatable bonds is 5. The molecule has 4 nitrogen and oxygen atoms in total. The number of nitrogens with zero attached hydrogens (tertiary/aromatic N) is 3. The van der Waals surface area contributed by atoms with Crippen LogP contribution in [-0.4, -0.2) is 39.5 Å². The maximum absolute atomic E-state index is 9.57. The molecule has 1 aliphatic rings. The number of aliphatic hydroxyl groups excluding tert-OH is 1. The topological polar surface area (TPSA) is 41.3 Å². The third-order valence-electron chi connectivity index (χ3n) is 4.59. The maximum Gasteiger partial charge on any atom is 0.0641 e. The highest BCUT2D eigenvalue weighted by Gasteiger charge is 2.30. The first kappa shape index (κ1) is 15.5. The fourth-order valence-corrected chi connectivity index (χ4v) is 3.31. The van der Waals surface area contributed by atoms with Gasteiger partial charge in [-0.3, -0.25) is 9.58 Å². The van der Waals surface area contributed by atoms with Crippen molar-refractivity contribution in [2.24, 2.45) is 5.41 Å². The van der Waals surface area contributed by atoms with Crippen LogP contribution in [0.3, 0.4) is 0 Å². The molecule has 1 N–H and O–H groups in total. The highest BCUT2D eigenvalue weighted by molar-refractivity contribution is 5.24. The van der Waals surface area contributed by atoms with Crippen molar-refractivity contribution in [2.75, 3.05) is 19.7 Å². The Morgan fingerprint density at radius 2 is 2.10 bits per heavy atom. The zero-order chi connectivity index (χ0) is 14.8. The van der Waals surface area contributed by atoms with Gasteiger partial charge >= 0.3 is 0 Å². The van der Waals surface area contributed by atoms with Crippen molar-refractivity contribution in [3.05, 3.63) is 17.0 Å². The quantitative estimate of drug-likeness (QED) is 0.900. The van der Waals surface area contributed by atoms with Crippen molar-refractivity contribution in [1.29, 1.82) is 0 Å². The van der Waals surface area contributed by atoms with Gasteiger partial charge in [0, 0.05) is 42.9 Å². The van der Waals surface area contributed by atoms with E-state index in [1.54, 1.807) is 0 Å². The molecule has 0 radical (unpaired) electrons. The Morgan fingerprint density at radius 1 is 1.35 bits per heavy atom. The lowest BCUT2D eigenvalue weighted by atomic mass is 9.82. The summed E-state index contributed by atoms with van der Waals surface area (Å²) in [6, 6.07) is 0. The van der Waals surface area contributed by atoms with E-state index in [1.165, 1.54) is 17.7 Å². The summed E-state index contributed by atoms with van der Waals surface area (Å²) in [6.45, 7) is 13.1. The molecular weight excluding hydrogens is 250 g/mol. The van der Waals surface area contributed by atoms with Crippen LogP contribution in [0.15, 0.2) is 0 Å². The van der Waals surface area contributed by atoms with Crippen molar-refractivity contribution in [1.82, 2.24) is 14.7 Å². The molecule has 1 aromatic rings. The summed E-state index contributed by atoms with van der Waals surface area (Å²) in [7, 11) is 0. The zero-order valence-electron chi connectivity index (χ0n) is 13.4. The summed E-state index contributed by atoms with van der Waals surface area (Å²) in [5, 5.41) is 14.2. The van der Waals surface area contributed by atoms with E-state index in [9.17, 15) is 5.11 Å². The molecule has 1 aromatic heterocycles. The number of likely N-dealkylation sites (tertiary alicyclic amines) is 1. The van der Waals surface area contributed by atoms with Gasteiger partial charge in [-0.25, -0.2) is 0 Å². The second-order valence-electron chi connectivity index (χ2n) is 6.66. The average Bonchev–Trinajstić information content (AvgIpc) is 2.67. The fraction of sp³-hybridized carbons (Fsp3) is 0.812. The molecule has 0 saturated carbocycles. The molecular formula is C16H29N3O. The molecule has 0 bridgehead atoms. The lowest BCUT2D eigenvalue weighted by molar-refractivity contribution is 0.0427. The molecule has 0 aliphatic carbocycles. The molecule has 1 unspecified atom stereocenters. The third-order valence-corrected chi connectivity index (χ3v) is 4.59. The van der Waals surface area contributed by atoms with Gasteiger partial charge in [-0.15, -0.1) is 0 Å². The minimum atomic E-state index is 0.0689. The summed E-state index contributed by atoms with van der Waals surface area (Å²) < 4.78 is 2.14. The van der Waals surface area contributed by atoms with Gasteiger partial charge in [0.15, 0.2) is 0 Å². The lowest BCUT2D eigenvalue weighted by Crippen LogP contribution is -2.43. The largest absolute Gasteiger partial charge is 0.396 e. The molecule has 1 fully saturated rings. The van der Waals surface area contributed by atoms with Crippen LogP contribution in [0.4, 0.5) is 0 Å². The smallest absolute Gasteiger partial charge is 0.0641 e. The Bertz CT molecular complexity index is 455. The van der Waals surface area contributed by atoms with Gasteiger partial charge in [-0.1, -0.05) is 13.8 Å². The second-order valence-corrected chi connectivity index (χ2v) is 6.66. The van der Waals surface area contributed by atoms with E-state index >= 15 is 0 Å². The van der Waals surface area contributed by atoms with E-state index in [4.69, 9.17) is 0 Å². The SMILES string of the molecule is CCCn1nc(C)c(CN2CCCC(C)(CO)C2)c1C. The molecule has 0 spiro atoms. The predicted octanol–water partition coefficient (Wildman–Crippen LogP) is 2.50. The minimum Gasteiger partial charge on any atom is -0.396 e. The number of hydrogen-bond acceptors (Lipinski definition) is 3. The number of aromatic nitrogens is 2. The summed E-state index contributed by atoms with van der Waals surface area (Å²) in [5.41, 5.74) is 3.91. The molecule has 2 heterocycles. The fourth-order valence-electron chi connectivity index (χ4n) is 3.31. The molecule has 1 atom stereocenters. The Labute approximate surface area is 122 Å². The van der Waals surface area contributed by atoms with Gasteiger partial charge in [0.2, 0.25) is 0 Å². The van der Waals surface area contributed by atoms with Crippen molar-refractivity contribution in [3.63, 3.8) is 0 Å². The van der Waals surface area contributed by atoms with E-state index in [2.05, 4.69) is 42.4 Å². The van der Waals surface area contributed by atoms with Gasteiger partial charge in [0.05, 0.1) is 5.69 Å². The number of aryl methyl sites for hydroxylation is 2. The number of hydrogen-bond donors (Lipinski definition) is 1. The van der Waals surface area contributed by atoms with E-state index in [-0.39, 0.29) is 12.0 Å². The molecule has 1 saturated heterocycles. The number of aliphatic hydroxyl groups is 1. The second kappa shape index (κ2) is 6.27. The monoisotopic (exact) mass is 279 g/mol. The molecule has 20 heavy (non-hydrogen) atoms. The van der Waals surface area contributed by atoms with Crippen LogP contribution in [0.25, 0.3) is 0 Å². The Morgan fingerprint density at radius 3 is 2.75 bits per heavy atom. The van der Waals surface area contributed by atoms with Crippen LogP contribution in [-0.2, 0) is 13.1 Å². The maximum atomic E-state index is 9.57. The summed E-state index contributed by atoms with van der Waals surface area (Å²) in [6.07, 6.45) is 3.43.